The van der Waals surface area contributed by atoms with E-state index in [9.17, 15) is 9.59 Å². The van der Waals surface area contributed by atoms with Crippen LogP contribution in [0.1, 0.15) is 45.1 Å². The lowest BCUT2D eigenvalue weighted by Crippen LogP contribution is -2.55. The number of rotatable bonds is 7. The molecule has 0 saturated heterocycles. The molecule has 0 aromatic heterocycles. The Bertz CT molecular complexity index is 565. The van der Waals surface area contributed by atoms with Crippen molar-refractivity contribution in [1.29, 1.82) is 0 Å². The van der Waals surface area contributed by atoms with Crippen LogP contribution in [0.15, 0.2) is 24.3 Å². The van der Waals surface area contributed by atoms with Gasteiger partial charge in [0.15, 0.2) is 0 Å². The minimum absolute atomic E-state index is 0.0578. The van der Waals surface area contributed by atoms with Gasteiger partial charge in [-0.3, -0.25) is 9.69 Å². The van der Waals surface area contributed by atoms with Gasteiger partial charge in [-0.25, -0.2) is 4.79 Å². The maximum atomic E-state index is 12.0. The molecular formula is C18H27N3O3. The summed E-state index contributed by atoms with van der Waals surface area (Å²) in [5.41, 5.74) is 2.01. The lowest BCUT2D eigenvalue weighted by Gasteiger charge is -2.42. The largest absolute Gasteiger partial charge is 0.480 e. The molecule has 1 aromatic rings. The number of urea groups is 1. The molecule has 0 bridgehead atoms. The molecule has 6 nitrogen and oxygen atoms in total. The summed E-state index contributed by atoms with van der Waals surface area (Å²) in [4.78, 5) is 24.8. The first-order valence-corrected chi connectivity index (χ1v) is 8.52. The SMILES string of the molecule is CCN(CC(=O)O)C1CC(NC(=O)Nc2ccc(C(C)C)cc2)C1. The number of nitrogens with zero attached hydrogens (tertiary/aromatic N) is 1. The average Bonchev–Trinajstić information content (AvgIpc) is 2.48. The molecule has 1 fully saturated rings. The van der Waals surface area contributed by atoms with E-state index in [2.05, 4.69) is 24.5 Å². The van der Waals surface area contributed by atoms with Crippen LogP contribution in [0, 0.1) is 0 Å². The van der Waals surface area contributed by atoms with Gasteiger partial charge in [0.05, 0.1) is 6.54 Å². The molecule has 0 heterocycles. The van der Waals surface area contributed by atoms with Crippen molar-refractivity contribution in [2.24, 2.45) is 0 Å². The molecule has 132 valence electrons. The summed E-state index contributed by atoms with van der Waals surface area (Å²) in [5.74, 6) is -0.344. The van der Waals surface area contributed by atoms with Crippen molar-refractivity contribution in [1.82, 2.24) is 10.2 Å². The number of nitrogens with one attached hydrogen (secondary N) is 2. The molecular weight excluding hydrogens is 306 g/mol. The average molecular weight is 333 g/mol. The Hall–Kier alpha value is -2.08. The van der Waals surface area contributed by atoms with Crippen molar-refractivity contribution in [3.05, 3.63) is 29.8 Å². The van der Waals surface area contributed by atoms with Gasteiger partial charge in [0.2, 0.25) is 0 Å². The number of carbonyl (C=O) groups is 2. The fourth-order valence-corrected chi connectivity index (χ4v) is 2.98. The number of carboxylic acids is 1. The first kappa shape index (κ1) is 18.3. The van der Waals surface area contributed by atoms with Crippen LogP contribution in [0.4, 0.5) is 10.5 Å². The number of carboxylic acid groups (broad SMARTS) is 1. The quantitative estimate of drug-likeness (QED) is 0.716. The van der Waals surface area contributed by atoms with E-state index in [1.54, 1.807) is 0 Å². The normalized spacial score (nSPS) is 19.9. The second kappa shape index (κ2) is 8.15. The molecule has 0 atom stereocenters. The van der Waals surface area contributed by atoms with Crippen molar-refractivity contribution in [3.8, 4) is 0 Å². The molecule has 1 aliphatic carbocycles. The van der Waals surface area contributed by atoms with Gasteiger partial charge in [-0.05, 0) is 43.0 Å². The van der Waals surface area contributed by atoms with Crippen LogP contribution in [0.2, 0.25) is 0 Å². The zero-order valence-electron chi connectivity index (χ0n) is 14.6. The van der Waals surface area contributed by atoms with E-state index in [0.717, 1.165) is 18.5 Å². The van der Waals surface area contributed by atoms with E-state index in [-0.39, 0.29) is 24.7 Å². The number of likely N-dealkylation sites (N-methyl/N-ethyl adjacent to an activating group) is 1. The van der Waals surface area contributed by atoms with Gasteiger partial charge < -0.3 is 15.7 Å². The second-order valence-corrected chi connectivity index (χ2v) is 6.65. The predicted octanol–water partition coefficient (Wildman–Crippen LogP) is 2.87. The maximum absolute atomic E-state index is 12.0. The van der Waals surface area contributed by atoms with Crippen LogP contribution in [0.25, 0.3) is 0 Å². The van der Waals surface area contributed by atoms with Crippen molar-refractivity contribution in [2.45, 2.75) is 51.6 Å². The predicted molar refractivity (Wildman–Crippen MR) is 94.4 cm³/mol. The van der Waals surface area contributed by atoms with Crippen molar-refractivity contribution >= 4 is 17.7 Å². The Morgan fingerprint density at radius 3 is 2.38 bits per heavy atom. The summed E-state index contributed by atoms with van der Waals surface area (Å²) < 4.78 is 0. The molecule has 2 rings (SSSR count). The lowest BCUT2D eigenvalue weighted by molar-refractivity contribution is -0.139. The number of anilines is 1. The molecule has 1 saturated carbocycles. The number of aliphatic carboxylic acids is 1. The van der Waals surface area contributed by atoms with Crippen LogP contribution in [-0.2, 0) is 4.79 Å². The Kier molecular flexibility index (Phi) is 6.20. The van der Waals surface area contributed by atoms with Crippen LogP contribution in [0.3, 0.4) is 0 Å². The molecule has 0 radical (unpaired) electrons. The zero-order valence-corrected chi connectivity index (χ0v) is 14.6. The van der Waals surface area contributed by atoms with Crippen molar-refractivity contribution in [3.63, 3.8) is 0 Å². The highest BCUT2D eigenvalue weighted by molar-refractivity contribution is 5.89. The maximum Gasteiger partial charge on any atom is 0.319 e. The summed E-state index contributed by atoms with van der Waals surface area (Å²) >= 11 is 0. The van der Waals surface area contributed by atoms with Gasteiger partial charge >= 0.3 is 12.0 Å². The highest BCUT2D eigenvalue weighted by Gasteiger charge is 2.34. The van der Waals surface area contributed by atoms with Crippen molar-refractivity contribution < 1.29 is 14.7 Å². The Balaban J connectivity index is 1.75. The molecule has 6 heteroatoms. The third kappa shape index (κ3) is 4.96. The molecule has 2 amide bonds. The number of hydrogen-bond acceptors (Lipinski definition) is 3. The van der Waals surface area contributed by atoms with Gasteiger partial charge in [0.25, 0.3) is 0 Å². The minimum Gasteiger partial charge on any atom is -0.480 e. The topological polar surface area (TPSA) is 81.7 Å². The second-order valence-electron chi connectivity index (χ2n) is 6.65. The molecule has 0 aliphatic heterocycles. The summed E-state index contributed by atoms with van der Waals surface area (Å²) in [6.45, 7) is 6.98. The number of amides is 2. The number of hydrogen-bond donors (Lipinski definition) is 3. The molecule has 1 aromatic carbocycles. The van der Waals surface area contributed by atoms with E-state index in [1.807, 2.05) is 36.1 Å². The van der Waals surface area contributed by atoms with Gasteiger partial charge in [0, 0.05) is 17.8 Å². The smallest absolute Gasteiger partial charge is 0.319 e. The van der Waals surface area contributed by atoms with Crippen molar-refractivity contribution in [2.75, 3.05) is 18.4 Å². The van der Waals surface area contributed by atoms with E-state index < -0.39 is 5.97 Å². The third-order valence-electron chi connectivity index (χ3n) is 4.54. The van der Waals surface area contributed by atoms with Gasteiger partial charge in [-0.15, -0.1) is 0 Å². The summed E-state index contributed by atoms with van der Waals surface area (Å²) in [6, 6.07) is 7.98. The summed E-state index contributed by atoms with van der Waals surface area (Å²) in [6.07, 6.45) is 1.58. The van der Waals surface area contributed by atoms with Gasteiger partial charge in [-0.1, -0.05) is 32.9 Å². The van der Waals surface area contributed by atoms with E-state index in [4.69, 9.17) is 5.11 Å². The Morgan fingerprint density at radius 1 is 1.25 bits per heavy atom. The Labute approximate surface area is 143 Å². The van der Waals surface area contributed by atoms with Crippen LogP contribution in [0.5, 0.6) is 0 Å². The van der Waals surface area contributed by atoms with Gasteiger partial charge in [0.1, 0.15) is 0 Å². The van der Waals surface area contributed by atoms with Crippen LogP contribution in [-0.4, -0.2) is 47.2 Å². The number of benzene rings is 1. The molecule has 24 heavy (non-hydrogen) atoms. The zero-order chi connectivity index (χ0) is 17.7. The monoisotopic (exact) mass is 333 g/mol. The van der Waals surface area contributed by atoms with Gasteiger partial charge in [-0.2, -0.15) is 0 Å². The first-order valence-electron chi connectivity index (χ1n) is 8.52. The van der Waals surface area contributed by atoms with Crippen LogP contribution >= 0.6 is 0 Å². The lowest BCUT2D eigenvalue weighted by atomic mass is 9.85. The highest BCUT2D eigenvalue weighted by Crippen LogP contribution is 2.25. The summed E-state index contributed by atoms with van der Waals surface area (Å²) in [5, 5.41) is 14.7. The fraction of sp³-hybridized carbons (Fsp3) is 0.556. The minimum atomic E-state index is -0.809. The first-order chi connectivity index (χ1) is 11.4. The molecule has 3 N–H and O–H groups in total. The Morgan fingerprint density at radius 2 is 1.88 bits per heavy atom. The molecule has 1 aliphatic rings. The third-order valence-corrected chi connectivity index (χ3v) is 4.54. The fourth-order valence-electron chi connectivity index (χ4n) is 2.98. The van der Waals surface area contributed by atoms with E-state index in [1.165, 1.54) is 5.56 Å². The van der Waals surface area contributed by atoms with E-state index in [0.29, 0.717) is 12.5 Å². The highest BCUT2D eigenvalue weighted by atomic mass is 16.4. The van der Waals surface area contributed by atoms with Crippen LogP contribution < -0.4 is 10.6 Å². The molecule has 0 unspecified atom stereocenters. The summed E-state index contributed by atoms with van der Waals surface area (Å²) in [7, 11) is 0. The molecule has 0 spiro atoms. The number of carbonyl (C=O) groups excluding carboxylic acids is 1. The standard InChI is InChI=1S/C18H27N3O3/c1-4-21(11-17(22)23)16-9-15(10-16)20-18(24)19-14-7-5-13(6-8-14)12(2)3/h5-8,12,15-16H,4,9-11H2,1-3H3,(H,22,23)(H2,19,20,24). The van der Waals surface area contributed by atoms with E-state index >= 15 is 0 Å².